The lowest BCUT2D eigenvalue weighted by atomic mass is 9.99. The van der Waals surface area contributed by atoms with Crippen molar-refractivity contribution in [1.82, 2.24) is 14.9 Å². The smallest absolute Gasteiger partial charge is 0.229 e. The Balaban J connectivity index is 1.87. The van der Waals surface area contributed by atoms with Crippen molar-refractivity contribution in [3.63, 3.8) is 0 Å². The Morgan fingerprint density at radius 1 is 1.25 bits per heavy atom. The fraction of sp³-hybridized carbons (Fsp3) is 0.429. The van der Waals surface area contributed by atoms with Gasteiger partial charge in [-0.3, -0.25) is 4.90 Å². The summed E-state index contributed by atoms with van der Waals surface area (Å²) in [6.07, 6.45) is 4.28. The number of anilines is 3. The van der Waals surface area contributed by atoms with Crippen LogP contribution in [-0.2, 0) is 0 Å². The number of aryl methyl sites for hydroxylation is 1. The number of nitrogens with zero attached hydrogens (tertiary/aromatic N) is 3. The summed E-state index contributed by atoms with van der Waals surface area (Å²) in [5, 5.41) is 15.6. The molecule has 2 heterocycles. The van der Waals surface area contributed by atoms with Gasteiger partial charge in [-0.25, -0.2) is 4.98 Å². The number of ether oxygens (including phenoxy) is 1. The van der Waals surface area contributed by atoms with Crippen molar-refractivity contribution in [2.75, 3.05) is 51.0 Å². The van der Waals surface area contributed by atoms with Crippen LogP contribution in [-0.4, -0.2) is 60.4 Å². The number of aliphatic hydroxyl groups excluding tert-OH is 1. The standard InChI is InChI=1S/C21H29N5O2/c1-15-13-20(22-2)25-21(23-15)24-17-6-7-19(28-3)18(14-17)16-5-4-9-26(10-8-16)11-12-27/h6-8,13-14,27H,4-5,9-12H2,1-3H3,(H2,22,23,24,25). The van der Waals surface area contributed by atoms with Gasteiger partial charge < -0.3 is 20.5 Å². The molecule has 7 heteroatoms. The third-order valence-corrected chi connectivity index (χ3v) is 4.84. The highest BCUT2D eigenvalue weighted by atomic mass is 16.5. The fourth-order valence-electron chi connectivity index (χ4n) is 3.43. The molecule has 1 aliphatic heterocycles. The first-order valence-electron chi connectivity index (χ1n) is 9.64. The van der Waals surface area contributed by atoms with E-state index < -0.39 is 0 Å². The van der Waals surface area contributed by atoms with Gasteiger partial charge >= 0.3 is 0 Å². The van der Waals surface area contributed by atoms with Crippen LogP contribution in [0.25, 0.3) is 5.57 Å². The Labute approximate surface area is 166 Å². The van der Waals surface area contributed by atoms with Gasteiger partial charge in [0, 0.05) is 43.1 Å². The second kappa shape index (κ2) is 9.52. The average Bonchev–Trinajstić information content (AvgIpc) is 2.93. The summed E-state index contributed by atoms with van der Waals surface area (Å²) in [5.41, 5.74) is 4.16. The quantitative estimate of drug-likeness (QED) is 0.678. The van der Waals surface area contributed by atoms with E-state index in [-0.39, 0.29) is 6.61 Å². The van der Waals surface area contributed by atoms with E-state index >= 15 is 0 Å². The highest BCUT2D eigenvalue weighted by molar-refractivity contribution is 5.75. The molecule has 0 saturated heterocycles. The summed E-state index contributed by atoms with van der Waals surface area (Å²) >= 11 is 0. The van der Waals surface area contributed by atoms with Crippen LogP contribution in [0.5, 0.6) is 5.75 Å². The molecular weight excluding hydrogens is 354 g/mol. The molecule has 0 bridgehead atoms. The zero-order valence-corrected chi connectivity index (χ0v) is 16.8. The molecule has 1 aromatic carbocycles. The van der Waals surface area contributed by atoms with Crippen LogP contribution >= 0.6 is 0 Å². The molecule has 1 aromatic heterocycles. The van der Waals surface area contributed by atoms with E-state index in [1.165, 1.54) is 5.57 Å². The number of methoxy groups -OCH3 is 1. The first-order chi connectivity index (χ1) is 13.6. The molecule has 3 N–H and O–H groups in total. The van der Waals surface area contributed by atoms with Crippen LogP contribution in [0.15, 0.2) is 30.3 Å². The van der Waals surface area contributed by atoms with Crippen LogP contribution in [0, 0.1) is 6.92 Å². The van der Waals surface area contributed by atoms with Crippen LogP contribution in [0.2, 0.25) is 0 Å². The largest absolute Gasteiger partial charge is 0.496 e. The highest BCUT2D eigenvalue weighted by Gasteiger charge is 2.15. The molecule has 7 nitrogen and oxygen atoms in total. The topological polar surface area (TPSA) is 82.5 Å². The van der Waals surface area contributed by atoms with E-state index in [1.54, 1.807) is 7.11 Å². The lowest BCUT2D eigenvalue weighted by Crippen LogP contribution is -2.27. The molecule has 0 saturated carbocycles. The molecule has 3 rings (SSSR count). The molecule has 0 radical (unpaired) electrons. The van der Waals surface area contributed by atoms with Crippen molar-refractivity contribution in [1.29, 1.82) is 0 Å². The molecule has 0 amide bonds. The van der Waals surface area contributed by atoms with E-state index in [0.29, 0.717) is 12.5 Å². The summed E-state index contributed by atoms with van der Waals surface area (Å²) < 4.78 is 5.61. The molecule has 0 unspecified atom stereocenters. The minimum absolute atomic E-state index is 0.191. The molecular formula is C21H29N5O2. The number of aliphatic hydroxyl groups is 1. The Hall–Kier alpha value is -2.64. The minimum Gasteiger partial charge on any atom is -0.496 e. The van der Waals surface area contributed by atoms with Crippen LogP contribution < -0.4 is 15.4 Å². The number of benzene rings is 1. The maximum atomic E-state index is 9.20. The van der Waals surface area contributed by atoms with E-state index in [0.717, 1.165) is 54.4 Å². The van der Waals surface area contributed by atoms with E-state index in [9.17, 15) is 5.11 Å². The van der Waals surface area contributed by atoms with Gasteiger partial charge in [0.25, 0.3) is 0 Å². The monoisotopic (exact) mass is 383 g/mol. The van der Waals surface area contributed by atoms with Crippen LogP contribution in [0.1, 0.15) is 24.1 Å². The minimum atomic E-state index is 0.191. The fourth-order valence-corrected chi connectivity index (χ4v) is 3.43. The predicted molar refractivity (Wildman–Crippen MR) is 113 cm³/mol. The summed E-state index contributed by atoms with van der Waals surface area (Å²) in [6, 6.07) is 7.95. The summed E-state index contributed by atoms with van der Waals surface area (Å²) in [7, 11) is 3.54. The number of nitrogens with one attached hydrogen (secondary N) is 2. The lowest BCUT2D eigenvalue weighted by molar-refractivity contribution is 0.209. The van der Waals surface area contributed by atoms with E-state index in [2.05, 4.69) is 37.6 Å². The van der Waals surface area contributed by atoms with Gasteiger partial charge in [0.05, 0.1) is 13.7 Å². The third-order valence-electron chi connectivity index (χ3n) is 4.84. The summed E-state index contributed by atoms with van der Waals surface area (Å²) in [5.74, 6) is 2.19. The van der Waals surface area contributed by atoms with Gasteiger partial charge in [-0.05, 0) is 50.1 Å². The second-order valence-electron chi connectivity index (χ2n) is 6.87. The second-order valence-corrected chi connectivity index (χ2v) is 6.87. The molecule has 1 aliphatic rings. The number of hydrogen-bond acceptors (Lipinski definition) is 7. The molecule has 0 fully saturated rings. The first kappa shape index (κ1) is 20.1. The number of aromatic nitrogens is 2. The highest BCUT2D eigenvalue weighted by Crippen LogP contribution is 2.33. The Kier molecular flexibility index (Phi) is 6.84. The number of hydrogen-bond donors (Lipinski definition) is 3. The average molecular weight is 383 g/mol. The third kappa shape index (κ3) is 4.99. The Bertz CT molecular complexity index is 838. The number of rotatable bonds is 7. The maximum Gasteiger partial charge on any atom is 0.229 e. The maximum absolute atomic E-state index is 9.20. The van der Waals surface area contributed by atoms with Crippen molar-refractivity contribution < 1.29 is 9.84 Å². The van der Waals surface area contributed by atoms with Gasteiger partial charge in [-0.1, -0.05) is 6.08 Å². The van der Waals surface area contributed by atoms with Gasteiger partial charge in [0.15, 0.2) is 0 Å². The van der Waals surface area contributed by atoms with Crippen molar-refractivity contribution in [3.8, 4) is 5.75 Å². The first-order valence-corrected chi connectivity index (χ1v) is 9.64. The summed E-state index contributed by atoms with van der Waals surface area (Å²) in [4.78, 5) is 11.2. The van der Waals surface area contributed by atoms with Crippen molar-refractivity contribution in [3.05, 3.63) is 41.6 Å². The molecule has 0 atom stereocenters. The number of β-amino-alcohol motifs (C(OH)–C–C–N with tert-alkyl or cyclic N) is 1. The zero-order valence-electron chi connectivity index (χ0n) is 16.8. The van der Waals surface area contributed by atoms with Crippen molar-refractivity contribution in [2.45, 2.75) is 19.8 Å². The van der Waals surface area contributed by atoms with Gasteiger partial charge in [-0.15, -0.1) is 0 Å². The van der Waals surface area contributed by atoms with Gasteiger partial charge in [0.1, 0.15) is 11.6 Å². The molecule has 0 aliphatic carbocycles. The van der Waals surface area contributed by atoms with Crippen LogP contribution in [0.3, 0.4) is 0 Å². The normalized spacial score (nSPS) is 14.9. The SMILES string of the molecule is CNc1cc(C)nc(Nc2ccc(OC)c(C3=CCN(CCO)CCC3)c2)n1. The number of allylic oxidation sites excluding steroid dienone is 1. The van der Waals surface area contributed by atoms with E-state index in [1.807, 2.05) is 32.2 Å². The molecule has 0 spiro atoms. The Morgan fingerprint density at radius 3 is 2.86 bits per heavy atom. The van der Waals surface area contributed by atoms with Crippen molar-refractivity contribution in [2.24, 2.45) is 0 Å². The molecule has 28 heavy (non-hydrogen) atoms. The zero-order chi connectivity index (χ0) is 19.9. The van der Waals surface area contributed by atoms with Crippen LogP contribution in [0.4, 0.5) is 17.5 Å². The lowest BCUT2D eigenvalue weighted by Gasteiger charge is -2.16. The van der Waals surface area contributed by atoms with E-state index in [4.69, 9.17) is 4.74 Å². The van der Waals surface area contributed by atoms with Crippen molar-refractivity contribution >= 4 is 23.0 Å². The summed E-state index contributed by atoms with van der Waals surface area (Å²) in [6.45, 7) is 4.67. The molecule has 2 aromatic rings. The Morgan fingerprint density at radius 2 is 2.11 bits per heavy atom. The van der Waals surface area contributed by atoms with Gasteiger partial charge in [-0.2, -0.15) is 4.98 Å². The molecule has 150 valence electrons. The van der Waals surface area contributed by atoms with Gasteiger partial charge in [0.2, 0.25) is 5.95 Å². The predicted octanol–water partition coefficient (Wildman–Crippen LogP) is 3.05.